The molecular weight excluding hydrogens is 1530 g/mol. The largest absolute Gasteiger partial charge is 0.505 e. The fourth-order valence-electron chi connectivity index (χ4n) is 17.1. The highest BCUT2D eigenvalue weighted by Gasteiger charge is 2.53. The van der Waals surface area contributed by atoms with Crippen LogP contribution in [0.2, 0.25) is 0 Å². The molecule has 9 aliphatic rings. The van der Waals surface area contributed by atoms with E-state index in [2.05, 4.69) is 71.4 Å². The van der Waals surface area contributed by atoms with Crippen molar-refractivity contribution >= 4 is 92.2 Å². The average molecular weight is 1650 g/mol. The van der Waals surface area contributed by atoms with E-state index in [1.807, 2.05) is 186 Å². The summed E-state index contributed by atoms with van der Waals surface area (Å²) in [5.74, 6) is 3.27. The van der Waals surface area contributed by atoms with Crippen molar-refractivity contribution in [3.8, 4) is 5.75 Å². The monoisotopic (exact) mass is 1650 g/mol. The smallest absolute Gasteiger partial charge is 0.328 e. The van der Waals surface area contributed by atoms with Gasteiger partial charge >= 0.3 is 6.03 Å². The van der Waals surface area contributed by atoms with Crippen molar-refractivity contribution < 1.29 is 66.8 Å². The molecule has 26 heteroatoms. The van der Waals surface area contributed by atoms with Crippen molar-refractivity contribution in [3.05, 3.63) is 245 Å². The van der Waals surface area contributed by atoms with Crippen molar-refractivity contribution in [2.45, 2.75) is 168 Å². The number of benzene rings is 5. The van der Waals surface area contributed by atoms with E-state index in [9.17, 15) is 38.4 Å². The molecule has 8 unspecified atom stereocenters. The number of para-hydroxylation sites is 4. The number of ether oxygens (including phenoxy) is 6. The third-order valence-corrected chi connectivity index (χ3v) is 23.0. The molecular formula is C95H116N12O14. The molecule has 9 aliphatic heterocycles. The maximum absolute atomic E-state index is 13.5. The van der Waals surface area contributed by atoms with Gasteiger partial charge in [0.2, 0.25) is 49.5 Å². The lowest BCUT2D eigenvalue weighted by Gasteiger charge is -2.48. The summed E-state index contributed by atoms with van der Waals surface area (Å²) >= 11 is 0. The number of aromatic amines is 2. The van der Waals surface area contributed by atoms with Crippen LogP contribution in [0.15, 0.2) is 206 Å². The number of methoxy groups -OCH3 is 2. The number of urea groups is 1. The summed E-state index contributed by atoms with van der Waals surface area (Å²) in [6.45, 7) is 22.2. The van der Waals surface area contributed by atoms with Crippen LogP contribution in [0.3, 0.4) is 0 Å². The highest BCUT2D eigenvalue weighted by molar-refractivity contribution is 6.06. The SMILES string of the molecule is C=CC(C/C=C/OC)C1c2[nH]c3ccccc3c2CC2C(=O)N(CCCC)CC(=O)N21.CC.CC.CC1=C(/C=C\CC2C=C(c3ccccc3N)CC3C(=O)NCC(=O)N23)OCO1.CC1=C(/C=C\CC2C=C(c3ccccc3N)CCN2C(=O)CNC=O)OCO1.CCCCN1C(=O)C2Cc3c([nH]c4ccccc34)C(c3ccc(OC)cc3)N2C1=O. The number of hydrogen-bond donors (Lipinski definition) is 6. The maximum atomic E-state index is 13.5. The zero-order valence-electron chi connectivity index (χ0n) is 71.1. The molecule has 11 heterocycles. The minimum absolute atomic E-state index is 0.0116. The minimum atomic E-state index is -0.522. The van der Waals surface area contributed by atoms with E-state index in [0.717, 1.165) is 121 Å². The zero-order chi connectivity index (χ0) is 86.4. The van der Waals surface area contributed by atoms with Crippen molar-refractivity contribution in [3.63, 3.8) is 0 Å². The number of imide groups is 1. The Labute approximate surface area is 708 Å². The number of nitrogens with zero attached hydrogens (tertiary/aromatic N) is 6. The van der Waals surface area contributed by atoms with Crippen LogP contribution in [0.25, 0.3) is 33.0 Å². The van der Waals surface area contributed by atoms with Gasteiger partial charge in [-0.2, -0.15) is 0 Å². The summed E-state index contributed by atoms with van der Waals surface area (Å²) in [5.41, 5.74) is 25.0. The summed E-state index contributed by atoms with van der Waals surface area (Å²) in [6.07, 6.45) is 25.6. The lowest BCUT2D eigenvalue weighted by atomic mass is 9.82. The maximum Gasteiger partial charge on any atom is 0.328 e. The second-order valence-electron chi connectivity index (χ2n) is 30.1. The van der Waals surface area contributed by atoms with Crippen molar-refractivity contribution in [2.75, 3.05) is 78.5 Å². The first kappa shape index (κ1) is 89.1. The molecule has 9 amide bonds. The van der Waals surface area contributed by atoms with E-state index in [0.29, 0.717) is 88.2 Å². The van der Waals surface area contributed by atoms with Gasteiger partial charge in [0.15, 0.2) is 11.5 Å². The standard InChI is InChI=1S/C25H31N3O3.C24H25N3O3.C21H23N3O4.C21H25N3O4.2C2H6/c1-4-6-13-27-16-22(29)28-21(25(27)30)15-19-18-11-7-8-12-20(18)26-23(19)24(28)17(5-2)10-9-14-31-3;1-3-4-13-26-23(28)20-14-18-17-7-5-6-8-19(17)25-21(18)22(27(20)24(26)29)15-9-11-16(30-2)12-10-15;1-13-19(28-12-27-13)8-4-5-15-9-14(16-6-2-3-7-17(16)22)10-18-21(26)23-11-20(25)24(15)18;1-15-20(28-14-27-15)8-4-5-17-11-16(18-6-2-3-7-19(18)22)9-10-24(17)21(26)12-23-13-25;2*1-2/h5,7-9,11-12,14,17,21,24,26H,2,4,6,10,13,15-16H2,1,3H3;5-12,20,22,25H,3-4,13-14H2,1-2H3;2-4,6-9,15,18H,5,10-12,22H2,1H3,(H,23,26);2-4,6-8,11,13,17H,5,9-10,12,14,22H2,1H3,(H,23,25);2*1-2H3/b14-9+;;2*8-4-;;. The van der Waals surface area contributed by atoms with Crippen LogP contribution in [0.1, 0.15) is 164 Å². The quantitative estimate of drug-likeness (QED) is 0.0108. The number of anilines is 2. The van der Waals surface area contributed by atoms with Gasteiger partial charge in [0.05, 0.1) is 58.2 Å². The van der Waals surface area contributed by atoms with Gasteiger partial charge in [-0.15, -0.1) is 6.58 Å². The molecule has 8 N–H and O–H groups in total. The molecule has 0 aliphatic carbocycles. The molecule has 7 aromatic rings. The van der Waals surface area contributed by atoms with Gasteiger partial charge in [0.1, 0.15) is 41.4 Å². The van der Waals surface area contributed by atoms with Crippen LogP contribution in [0.5, 0.6) is 5.75 Å². The zero-order valence-corrected chi connectivity index (χ0v) is 71.1. The number of hydrogen-bond acceptors (Lipinski definition) is 16. The van der Waals surface area contributed by atoms with Crippen molar-refractivity contribution in [2.24, 2.45) is 5.92 Å². The summed E-state index contributed by atoms with van der Waals surface area (Å²) < 4.78 is 31.7. The summed E-state index contributed by atoms with van der Waals surface area (Å²) in [7, 11) is 3.25. The number of nitrogens with one attached hydrogen (secondary N) is 4. The first-order chi connectivity index (χ1) is 58.9. The topological polar surface area (TPSA) is 319 Å². The number of H-pyrrole nitrogens is 2. The number of allylic oxidation sites excluding steroid dienone is 5. The number of aromatic nitrogens is 2. The highest BCUT2D eigenvalue weighted by atomic mass is 16.7. The third-order valence-electron chi connectivity index (χ3n) is 23.0. The highest BCUT2D eigenvalue weighted by Crippen LogP contribution is 2.47. The molecule has 3 saturated heterocycles. The Bertz CT molecular complexity index is 5100. The second kappa shape index (κ2) is 42.3. The second-order valence-corrected chi connectivity index (χ2v) is 30.1. The number of carbonyl (C=O) groups is 8. The molecule has 8 atom stereocenters. The molecule has 0 radical (unpaired) electrons. The van der Waals surface area contributed by atoms with E-state index < -0.39 is 18.1 Å². The minimum Gasteiger partial charge on any atom is -0.505 e. The van der Waals surface area contributed by atoms with Gasteiger partial charge in [0.25, 0.3) is 5.91 Å². The van der Waals surface area contributed by atoms with E-state index in [1.165, 1.54) is 4.90 Å². The normalized spacial score (nSPS) is 21.0. The Kier molecular flexibility index (Phi) is 31.1. The van der Waals surface area contributed by atoms with Crippen LogP contribution in [-0.4, -0.2) is 185 Å². The number of nitrogen functional groups attached to an aromatic ring is 2. The van der Waals surface area contributed by atoms with E-state index in [4.69, 9.17) is 39.9 Å². The van der Waals surface area contributed by atoms with Crippen LogP contribution in [0, 0.1) is 5.92 Å². The number of carbonyl (C=O) groups excluding carboxylic acids is 8. The van der Waals surface area contributed by atoms with Gasteiger partial charge in [-0.3, -0.25) is 43.4 Å². The Morgan fingerprint density at radius 1 is 0.636 bits per heavy atom. The molecule has 5 aromatic carbocycles. The van der Waals surface area contributed by atoms with Crippen LogP contribution in [-0.2, 0) is 70.1 Å². The van der Waals surface area contributed by atoms with Gasteiger partial charge in [-0.25, -0.2) is 4.79 Å². The Hall–Kier alpha value is -12.7. The molecule has 0 saturated carbocycles. The lowest BCUT2D eigenvalue weighted by Crippen LogP contribution is -2.63. The number of nitrogens with two attached hydrogens (primary N) is 2. The molecule has 3 fully saturated rings. The van der Waals surface area contributed by atoms with E-state index in [1.54, 1.807) is 40.1 Å². The predicted molar refractivity (Wildman–Crippen MR) is 469 cm³/mol. The molecule has 26 nitrogen and oxygen atoms in total. The number of fused-ring (bicyclic) bond motifs is 9. The Morgan fingerprint density at radius 2 is 1.20 bits per heavy atom. The fourth-order valence-corrected chi connectivity index (χ4v) is 17.1. The predicted octanol–water partition coefficient (Wildman–Crippen LogP) is 14.4. The Balaban J connectivity index is 0.000000155. The third kappa shape index (κ3) is 19.9. The number of amides is 9. The van der Waals surface area contributed by atoms with Gasteiger partial charge in [0, 0.05) is 101 Å². The fraction of sp³-hybridized carbons (Fsp3) is 0.389. The molecule has 16 rings (SSSR count). The van der Waals surface area contributed by atoms with Gasteiger partial charge in [-0.1, -0.05) is 170 Å². The number of unbranched alkanes of at least 4 members (excludes halogenated alkanes) is 2. The number of rotatable bonds is 24. The average Bonchev–Trinajstić information content (AvgIpc) is 1.58. The van der Waals surface area contributed by atoms with Crippen molar-refractivity contribution in [1.82, 2.24) is 50.0 Å². The van der Waals surface area contributed by atoms with Crippen LogP contribution >= 0.6 is 0 Å². The van der Waals surface area contributed by atoms with E-state index >= 15 is 0 Å². The lowest BCUT2D eigenvalue weighted by molar-refractivity contribution is -0.160. The molecule has 0 bridgehead atoms. The molecule has 2 aromatic heterocycles. The van der Waals surface area contributed by atoms with Crippen molar-refractivity contribution in [1.29, 1.82) is 0 Å². The molecule has 121 heavy (non-hydrogen) atoms. The first-order valence-corrected chi connectivity index (χ1v) is 42.2. The number of piperazine rings is 2. The summed E-state index contributed by atoms with van der Waals surface area (Å²) in [5, 5.41) is 7.40. The van der Waals surface area contributed by atoms with Crippen LogP contribution < -0.4 is 26.8 Å². The summed E-state index contributed by atoms with van der Waals surface area (Å²) in [6, 6.07) is 36.8. The first-order valence-electron chi connectivity index (χ1n) is 42.2. The molecule has 640 valence electrons. The van der Waals surface area contributed by atoms with E-state index in [-0.39, 0.29) is 105 Å². The van der Waals surface area contributed by atoms with Gasteiger partial charge in [-0.05, 0) is 135 Å². The Morgan fingerprint density at radius 3 is 1.78 bits per heavy atom. The summed E-state index contributed by atoms with van der Waals surface area (Å²) in [4.78, 5) is 119. The van der Waals surface area contributed by atoms with Crippen LogP contribution in [0.4, 0.5) is 16.2 Å². The van der Waals surface area contributed by atoms with Gasteiger partial charge < -0.3 is 80.1 Å². The molecule has 0 spiro atoms.